The van der Waals surface area contributed by atoms with Crippen LogP contribution in [0.5, 0.6) is 11.5 Å². The van der Waals surface area contributed by atoms with Crippen molar-refractivity contribution in [1.82, 2.24) is 9.62 Å². The summed E-state index contributed by atoms with van der Waals surface area (Å²) in [6, 6.07) is 5.76. The number of halogens is 3. The molecule has 8 heteroatoms. The maximum Gasteiger partial charge on any atom is 0.160 e. The number of hydrogen-bond acceptors (Lipinski definition) is 5. The molecule has 1 aliphatic rings. The number of methoxy groups -OCH3 is 1. The second kappa shape index (κ2) is 9.10. The molecular weight excluding hydrogens is 394 g/mol. The molecule has 0 unspecified atom stereocenters. The van der Waals surface area contributed by atoms with Gasteiger partial charge in [0.25, 0.3) is 0 Å². The van der Waals surface area contributed by atoms with Crippen molar-refractivity contribution in [2.24, 2.45) is 0 Å². The van der Waals surface area contributed by atoms with Gasteiger partial charge in [-0.05, 0) is 60.7 Å². The first-order chi connectivity index (χ1) is 13.0. The SMILES string of the molecule is COc1cc2c(cc1O)CCN(CCCNSc1cc(Cl)c(F)cc1F)C2. The van der Waals surface area contributed by atoms with E-state index >= 15 is 0 Å². The number of fused-ring (bicyclic) bond motifs is 1. The number of phenolic OH excluding ortho intramolecular Hbond substituents is 1. The predicted octanol–water partition coefficient (Wildman–Crippen LogP) is 4.38. The molecule has 0 aromatic heterocycles. The fourth-order valence-electron chi connectivity index (χ4n) is 3.07. The van der Waals surface area contributed by atoms with Crippen molar-refractivity contribution in [2.75, 3.05) is 26.7 Å². The Kier molecular flexibility index (Phi) is 6.81. The molecule has 2 aromatic carbocycles. The molecule has 0 bridgehead atoms. The first-order valence-corrected chi connectivity index (χ1v) is 9.82. The average molecular weight is 415 g/mol. The van der Waals surface area contributed by atoms with E-state index in [9.17, 15) is 13.9 Å². The van der Waals surface area contributed by atoms with Gasteiger partial charge in [0.15, 0.2) is 11.5 Å². The van der Waals surface area contributed by atoms with E-state index in [2.05, 4.69) is 9.62 Å². The highest BCUT2D eigenvalue weighted by molar-refractivity contribution is 7.97. The van der Waals surface area contributed by atoms with Crippen molar-refractivity contribution < 1.29 is 18.6 Å². The van der Waals surface area contributed by atoms with E-state index in [-0.39, 0.29) is 15.7 Å². The number of rotatable bonds is 7. The lowest BCUT2D eigenvalue weighted by molar-refractivity contribution is 0.250. The van der Waals surface area contributed by atoms with Crippen molar-refractivity contribution in [3.05, 3.63) is 52.0 Å². The lowest BCUT2D eigenvalue weighted by atomic mass is 9.99. The predicted molar refractivity (Wildman–Crippen MR) is 103 cm³/mol. The van der Waals surface area contributed by atoms with Crippen LogP contribution in [0, 0.1) is 11.6 Å². The Morgan fingerprint density at radius 2 is 2.04 bits per heavy atom. The van der Waals surface area contributed by atoms with Crippen LogP contribution in [-0.2, 0) is 13.0 Å². The van der Waals surface area contributed by atoms with Gasteiger partial charge < -0.3 is 9.84 Å². The summed E-state index contributed by atoms with van der Waals surface area (Å²) in [5.74, 6) is -0.708. The van der Waals surface area contributed by atoms with Crippen LogP contribution in [0.1, 0.15) is 17.5 Å². The first-order valence-electron chi connectivity index (χ1n) is 8.63. The number of nitrogens with zero attached hydrogens (tertiary/aromatic N) is 1. The molecule has 0 atom stereocenters. The summed E-state index contributed by atoms with van der Waals surface area (Å²) in [7, 11) is 1.54. The van der Waals surface area contributed by atoms with Gasteiger partial charge in [-0.25, -0.2) is 8.78 Å². The van der Waals surface area contributed by atoms with E-state index in [4.69, 9.17) is 16.3 Å². The van der Waals surface area contributed by atoms with Gasteiger partial charge in [-0.2, -0.15) is 0 Å². The van der Waals surface area contributed by atoms with Gasteiger partial charge in [0.05, 0.1) is 17.0 Å². The molecule has 1 aliphatic heterocycles. The average Bonchev–Trinajstić information content (AvgIpc) is 2.65. The molecule has 146 valence electrons. The minimum Gasteiger partial charge on any atom is -0.504 e. The fourth-order valence-corrected chi connectivity index (χ4v) is 4.04. The summed E-state index contributed by atoms with van der Waals surface area (Å²) in [4.78, 5) is 2.61. The van der Waals surface area contributed by atoms with Gasteiger partial charge in [0.1, 0.15) is 11.6 Å². The Bertz CT molecular complexity index is 823. The molecule has 0 amide bonds. The molecule has 0 spiro atoms. The molecule has 2 aromatic rings. The summed E-state index contributed by atoms with van der Waals surface area (Å²) in [5, 5.41) is 9.78. The minimum absolute atomic E-state index is 0.0888. The maximum atomic E-state index is 13.7. The van der Waals surface area contributed by atoms with Gasteiger partial charge in [-0.1, -0.05) is 11.6 Å². The van der Waals surface area contributed by atoms with E-state index < -0.39 is 11.6 Å². The van der Waals surface area contributed by atoms with Gasteiger partial charge in [0, 0.05) is 25.7 Å². The maximum absolute atomic E-state index is 13.7. The normalized spacial score (nSPS) is 14.2. The molecule has 27 heavy (non-hydrogen) atoms. The van der Waals surface area contributed by atoms with Crippen LogP contribution in [0.2, 0.25) is 5.02 Å². The largest absolute Gasteiger partial charge is 0.504 e. The summed E-state index contributed by atoms with van der Waals surface area (Å²) in [6.45, 7) is 3.31. The van der Waals surface area contributed by atoms with Crippen molar-refractivity contribution in [1.29, 1.82) is 0 Å². The van der Waals surface area contributed by atoms with E-state index in [1.165, 1.54) is 11.6 Å². The monoisotopic (exact) mass is 414 g/mol. The molecule has 0 radical (unpaired) electrons. The molecule has 2 N–H and O–H groups in total. The number of benzene rings is 2. The lowest BCUT2D eigenvalue weighted by Gasteiger charge is -2.29. The smallest absolute Gasteiger partial charge is 0.160 e. The van der Waals surface area contributed by atoms with Crippen LogP contribution in [0.25, 0.3) is 0 Å². The summed E-state index contributed by atoms with van der Waals surface area (Å²) >= 11 is 6.80. The zero-order chi connectivity index (χ0) is 19.4. The zero-order valence-corrected chi connectivity index (χ0v) is 16.5. The third kappa shape index (κ3) is 5.04. The summed E-state index contributed by atoms with van der Waals surface area (Å²) in [5.41, 5.74) is 2.32. The quantitative estimate of drug-likeness (QED) is 0.400. The van der Waals surface area contributed by atoms with E-state index in [1.807, 2.05) is 6.07 Å². The fraction of sp³-hybridized carbons (Fsp3) is 0.368. The number of nitrogens with one attached hydrogen (secondary N) is 1. The Hall–Kier alpha value is -1.54. The van der Waals surface area contributed by atoms with Gasteiger partial charge >= 0.3 is 0 Å². The molecule has 4 nitrogen and oxygen atoms in total. The van der Waals surface area contributed by atoms with Crippen molar-refractivity contribution in [2.45, 2.75) is 24.3 Å². The third-order valence-electron chi connectivity index (χ3n) is 4.50. The lowest BCUT2D eigenvalue weighted by Crippen LogP contribution is -2.32. The topological polar surface area (TPSA) is 44.7 Å². The number of phenols is 1. The minimum atomic E-state index is -0.756. The molecular formula is C19H21ClF2N2O2S. The van der Waals surface area contributed by atoms with Crippen LogP contribution in [0.4, 0.5) is 8.78 Å². The molecule has 3 rings (SSSR count). The van der Waals surface area contributed by atoms with Gasteiger partial charge in [-0.3, -0.25) is 9.62 Å². The van der Waals surface area contributed by atoms with E-state index in [0.717, 1.165) is 56.1 Å². The number of hydrogen-bond donors (Lipinski definition) is 2. The van der Waals surface area contributed by atoms with E-state index in [1.54, 1.807) is 13.2 Å². The van der Waals surface area contributed by atoms with Crippen LogP contribution in [0.3, 0.4) is 0 Å². The van der Waals surface area contributed by atoms with Crippen molar-refractivity contribution in [3.8, 4) is 11.5 Å². The highest BCUT2D eigenvalue weighted by Crippen LogP contribution is 2.32. The third-order valence-corrected chi connectivity index (χ3v) is 5.67. The van der Waals surface area contributed by atoms with Crippen LogP contribution in [0.15, 0.2) is 29.2 Å². The highest BCUT2D eigenvalue weighted by atomic mass is 35.5. The number of ether oxygens (including phenoxy) is 1. The Balaban J connectivity index is 1.45. The number of aromatic hydroxyl groups is 1. The van der Waals surface area contributed by atoms with Gasteiger partial charge in [0.2, 0.25) is 0 Å². The summed E-state index contributed by atoms with van der Waals surface area (Å²) in [6.07, 6.45) is 1.77. The molecule has 0 saturated carbocycles. The van der Waals surface area contributed by atoms with Crippen molar-refractivity contribution >= 4 is 23.5 Å². The molecule has 1 heterocycles. The van der Waals surface area contributed by atoms with Crippen molar-refractivity contribution in [3.63, 3.8) is 0 Å². The van der Waals surface area contributed by atoms with Crippen LogP contribution < -0.4 is 9.46 Å². The molecule has 0 saturated heterocycles. The first kappa shape index (κ1) is 20.2. The molecule has 0 fully saturated rings. The highest BCUT2D eigenvalue weighted by Gasteiger charge is 2.18. The zero-order valence-electron chi connectivity index (χ0n) is 14.9. The van der Waals surface area contributed by atoms with E-state index in [0.29, 0.717) is 12.3 Å². The summed E-state index contributed by atoms with van der Waals surface area (Å²) < 4.78 is 35.1. The van der Waals surface area contributed by atoms with Crippen LogP contribution >= 0.6 is 23.5 Å². The van der Waals surface area contributed by atoms with Gasteiger partial charge in [-0.15, -0.1) is 0 Å². The van der Waals surface area contributed by atoms with Crippen LogP contribution in [-0.4, -0.2) is 36.8 Å². The second-order valence-electron chi connectivity index (χ2n) is 6.37. The Morgan fingerprint density at radius 3 is 2.81 bits per heavy atom. The standard InChI is InChI=1S/C19H21ClF2N2O2S/c1-26-18-8-13-11-24(6-3-12(13)7-17(18)25)5-2-4-23-27-19-9-14(20)15(21)10-16(19)22/h7-10,23,25H,2-6,11H2,1H3. The Morgan fingerprint density at radius 1 is 1.22 bits per heavy atom. The molecule has 0 aliphatic carbocycles. The Labute approximate surface area is 166 Å². The second-order valence-corrected chi connectivity index (χ2v) is 7.71.